The van der Waals surface area contributed by atoms with Crippen molar-refractivity contribution in [2.75, 3.05) is 0 Å². The predicted molar refractivity (Wildman–Crippen MR) is 86.5 cm³/mol. The molecule has 2 aromatic rings. The number of carbonyl (C=O) groups is 1. The van der Waals surface area contributed by atoms with Crippen molar-refractivity contribution in [3.8, 4) is 0 Å². The molecule has 0 aliphatic rings. The minimum Gasteiger partial charge on any atom is -0.289 e. The maximum absolute atomic E-state index is 12.4. The van der Waals surface area contributed by atoms with Gasteiger partial charge in [-0.3, -0.25) is 4.79 Å². The van der Waals surface area contributed by atoms with Crippen LogP contribution >= 0.6 is 55.1 Å². The lowest BCUT2D eigenvalue weighted by molar-refractivity contribution is 0.103. The molecule has 0 radical (unpaired) electrons. The molecule has 0 saturated heterocycles. The van der Waals surface area contributed by atoms with E-state index < -0.39 is 0 Å². The first-order chi connectivity index (χ1) is 8.90. The van der Waals surface area contributed by atoms with Crippen LogP contribution < -0.4 is 0 Å². The molecule has 0 unspecified atom stereocenters. The molecular formula is C14H8Br2Cl2O. The Labute approximate surface area is 138 Å². The maximum atomic E-state index is 12.4. The second kappa shape index (κ2) is 5.96. The Hall–Kier alpha value is -0.350. The van der Waals surface area contributed by atoms with Crippen LogP contribution in [0.5, 0.6) is 0 Å². The van der Waals surface area contributed by atoms with Gasteiger partial charge in [0.15, 0.2) is 5.78 Å². The number of aryl methyl sites for hydroxylation is 1. The van der Waals surface area contributed by atoms with Crippen molar-refractivity contribution in [1.82, 2.24) is 0 Å². The summed E-state index contributed by atoms with van der Waals surface area (Å²) in [6, 6.07) is 8.55. The summed E-state index contributed by atoms with van der Waals surface area (Å²) in [5.41, 5.74) is 2.14. The standard InChI is InChI=1S/C14H8Br2Cl2O/c1-7-4-11(16)9(6-10(7)15)14(19)8-2-3-12(17)13(18)5-8/h2-6H,1H3. The topological polar surface area (TPSA) is 17.1 Å². The summed E-state index contributed by atoms with van der Waals surface area (Å²) in [6.07, 6.45) is 0. The Morgan fingerprint density at radius 2 is 1.68 bits per heavy atom. The Kier molecular flexibility index (Phi) is 4.72. The molecule has 0 aromatic heterocycles. The lowest BCUT2D eigenvalue weighted by atomic mass is 10.0. The fourth-order valence-electron chi connectivity index (χ4n) is 1.61. The fraction of sp³-hybridized carbons (Fsp3) is 0.0714. The molecule has 0 aliphatic heterocycles. The average Bonchev–Trinajstić information content (AvgIpc) is 2.36. The van der Waals surface area contributed by atoms with Gasteiger partial charge < -0.3 is 0 Å². The zero-order chi connectivity index (χ0) is 14.2. The van der Waals surface area contributed by atoms with Gasteiger partial charge in [-0.1, -0.05) is 55.1 Å². The van der Waals surface area contributed by atoms with E-state index in [9.17, 15) is 4.79 Å². The average molecular weight is 423 g/mol. The van der Waals surface area contributed by atoms with Crippen LogP contribution in [0.1, 0.15) is 21.5 Å². The quantitative estimate of drug-likeness (QED) is 0.538. The molecule has 0 bridgehead atoms. The number of carbonyl (C=O) groups excluding carboxylic acids is 1. The maximum Gasteiger partial charge on any atom is 0.194 e. The van der Waals surface area contributed by atoms with Gasteiger partial charge >= 0.3 is 0 Å². The molecule has 0 aliphatic carbocycles. The van der Waals surface area contributed by atoms with Crippen molar-refractivity contribution in [2.24, 2.45) is 0 Å². The van der Waals surface area contributed by atoms with E-state index in [1.165, 1.54) is 0 Å². The molecule has 0 N–H and O–H groups in total. The number of halogens is 4. The van der Waals surface area contributed by atoms with Gasteiger partial charge in [-0.05, 0) is 42.8 Å². The largest absolute Gasteiger partial charge is 0.289 e. The molecule has 2 aromatic carbocycles. The number of hydrogen-bond acceptors (Lipinski definition) is 1. The van der Waals surface area contributed by atoms with Gasteiger partial charge in [-0.15, -0.1) is 0 Å². The van der Waals surface area contributed by atoms with Crippen LogP contribution in [0.4, 0.5) is 0 Å². The minimum atomic E-state index is -0.105. The lowest BCUT2D eigenvalue weighted by Gasteiger charge is -2.08. The molecule has 0 heterocycles. The van der Waals surface area contributed by atoms with Crippen molar-refractivity contribution in [3.63, 3.8) is 0 Å². The highest BCUT2D eigenvalue weighted by molar-refractivity contribution is 9.11. The third kappa shape index (κ3) is 3.22. The van der Waals surface area contributed by atoms with Crippen LogP contribution in [0.2, 0.25) is 10.0 Å². The second-order valence-electron chi connectivity index (χ2n) is 4.04. The zero-order valence-electron chi connectivity index (χ0n) is 9.81. The number of ketones is 1. The minimum absolute atomic E-state index is 0.105. The van der Waals surface area contributed by atoms with Crippen LogP contribution in [0.3, 0.4) is 0 Å². The van der Waals surface area contributed by atoms with Gasteiger partial charge in [0.1, 0.15) is 0 Å². The summed E-state index contributed by atoms with van der Waals surface area (Å²) < 4.78 is 1.64. The summed E-state index contributed by atoms with van der Waals surface area (Å²) in [4.78, 5) is 12.4. The smallest absolute Gasteiger partial charge is 0.194 e. The van der Waals surface area contributed by atoms with Crippen LogP contribution in [0, 0.1) is 6.92 Å². The highest BCUT2D eigenvalue weighted by Gasteiger charge is 2.15. The van der Waals surface area contributed by atoms with E-state index in [2.05, 4.69) is 31.9 Å². The third-order valence-corrected chi connectivity index (χ3v) is 4.92. The van der Waals surface area contributed by atoms with E-state index in [1.54, 1.807) is 24.3 Å². The summed E-state index contributed by atoms with van der Waals surface area (Å²) in [5.74, 6) is -0.105. The first-order valence-corrected chi connectivity index (χ1v) is 7.69. The van der Waals surface area contributed by atoms with Crippen molar-refractivity contribution in [3.05, 3.63) is 66.0 Å². The normalized spacial score (nSPS) is 10.6. The molecule has 2 rings (SSSR count). The number of benzene rings is 2. The van der Waals surface area contributed by atoms with Gasteiger partial charge in [-0.2, -0.15) is 0 Å². The van der Waals surface area contributed by atoms with Crippen molar-refractivity contribution in [2.45, 2.75) is 6.92 Å². The summed E-state index contributed by atoms with van der Waals surface area (Å²) in [5, 5.41) is 0.803. The second-order valence-corrected chi connectivity index (χ2v) is 6.56. The van der Waals surface area contributed by atoms with E-state index in [-0.39, 0.29) is 5.78 Å². The van der Waals surface area contributed by atoms with Gasteiger partial charge in [-0.25, -0.2) is 0 Å². The van der Waals surface area contributed by atoms with Crippen LogP contribution in [-0.2, 0) is 0 Å². The Bertz CT molecular complexity index is 669. The molecular weight excluding hydrogens is 415 g/mol. The zero-order valence-corrected chi connectivity index (χ0v) is 14.5. The van der Waals surface area contributed by atoms with Crippen LogP contribution in [-0.4, -0.2) is 5.78 Å². The van der Waals surface area contributed by atoms with E-state index in [0.717, 1.165) is 14.5 Å². The van der Waals surface area contributed by atoms with Gasteiger partial charge in [0, 0.05) is 20.1 Å². The number of rotatable bonds is 2. The molecule has 1 nitrogen and oxygen atoms in total. The summed E-state index contributed by atoms with van der Waals surface area (Å²) in [6.45, 7) is 1.96. The molecule has 0 amide bonds. The van der Waals surface area contributed by atoms with E-state index in [4.69, 9.17) is 23.2 Å². The fourth-order valence-corrected chi connectivity index (χ4v) is 2.89. The SMILES string of the molecule is Cc1cc(Br)c(C(=O)c2ccc(Cl)c(Cl)c2)cc1Br. The van der Waals surface area contributed by atoms with Gasteiger partial charge in [0.25, 0.3) is 0 Å². The summed E-state index contributed by atoms with van der Waals surface area (Å²) in [7, 11) is 0. The Morgan fingerprint density at radius 1 is 1.00 bits per heavy atom. The Balaban J connectivity index is 2.49. The third-order valence-electron chi connectivity index (χ3n) is 2.67. The lowest BCUT2D eigenvalue weighted by Crippen LogP contribution is -2.03. The summed E-state index contributed by atoms with van der Waals surface area (Å²) >= 11 is 18.6. The van der Waals surface area contributed by atoms with E-state index >= 15 is 0 Å². The van der Waals surface area contributed by atoms with Crippen LogP contribution in [0.15, 0.2) is 39.3 Å². The molecule has 0 spiro atoms. The van der Waals surface area contributed by atoms with Crippen LogP contribution in [0.25, 0.3) is 0 Å². The molecule has 19 heavy (non-hydrogen) atoms. The highest BCUT2D eigenvalue weighted by Crippen LogP contribution is 2.29. The first-order valence-electron chi connectivity index (χ1n) is 5.35. The highest BCUT2D eigenvalue weighted by atomic mass is 79.9. The molecule has 0 saturated carbocycles. The van der Waals surface area contributed by atoms with Gasteiger partial charge in [0.2, 0.25) is 0 Å². The molecule has 98 valence electrons. The van der Waals surface area contributed by atoms with Crippen molar-refractivity contribution >= 4 is 60.8 Å². The van der Waals surface area contributed by atoms with Gasteiger partial charge in [0.05, 0.1) is 10.0 Å². The molecule has 0 atom stereocenters. The molecule has 0 fully saturated rings. The van der Waals surface area contributed by atoms with Crippen molar-refractivity contribution < 1.29 is 4.79 Å². The first kappa shape index (κ1) is 15.0. The number of hydrogen-bond donors (Lipinski definition) is 0. The van der Waals surface area contributed by atoms with Crippen molar-refractivity contribution in [1.29, 1.82) is 0 Å². The Morgan fingerprint density at radius 3 is 2.32 bits per heavy atom. The van der Waals surface area contributed by atoms with E-state index in [1.807, 2.05) is 13.0 Å². The monoisotopic (exact) mass is 420 g/mol. The predicted octanol–water partition coefficient (Wildman–Crippen LogP) is 6.06. The molecule has 5 heteroatoms. The van der Waals surface area contributed by atoms with E-state index in [0.29, 0.717) is 21.2 Å².